The van der Waals surface area contributed by atoms with Crippen molar-refractivity contribution in [1.82, 2.24) is 9.97 Å². The number of aromatic nitrogens is 2. The fraction of sp³-hybridized carbons (Fsp3) is 0.478. The van der Waals surface area contributed by atoms with Crippen LogP contribution in [-0.2, 0) is 26.2 Å². The zero-order chi connectivity index (χ0) is 25.2. The van der Waals surface area contributed by atoms with Crippen molar-refractivity contribution in [1.29, 1.82) is 0 Å². The van der Waals surface area contributed by atoms with Gasteiger partial charge in [0, 0.05) is 19.1 Å². The molecule has 0 saturated carbocycles. The van der Waals surface area contributed by atoms with Crippen LogP contribution < -0.4 is 10.5 Å². The van der Waals surface area contributed by atoms with Crippen molar-refractivity contribution in [3.63, 3.8) is 0 Å². The highest BCUT2D eigenvalue weighted by atomic mass is 19.1. The Kier molecular flexibility index (Phi) is 7.22. The van der Waals surface area contributed by atoms with Gasteiger partial charge in [-0.1, -0.05) is 6.07 Å². The third-order valence-electron chi connectivity index (χ3n) is 6.24. The largest absolute Gasteiger partial charge is 0.459 e. The summed E-state index contributed by atoms with van der Waals surface area (Å²) in [6.45, 7) is -0.284. The highest BCUT2D eigenvalue weighted by Crippen LogP contribution is 2.48. The smallest absolute Gasteiger partial charge is 0.283 e. The molecule has 3 heterocycles. The molecule has 0 spiro atoms. The number of amidine groups is 1. The molecule has 2 N–H and O–H groups in total. The molecule has 1 fully saturated rings. The molecule has 0 radical (unpaired) electrons. The van der Waals surface area contributed by atoms with Gasteiger partial charge < -0.3 is 24.7 Å². The van der Waals surface area contributed by atoms with Crippen molar-refractivity contribution in [2.75, 3.05) is 27.3 Å². The first-order valence-electron chi connectivity index (χ1n) is 10.9. The molecule has 1 aromatic carbocycles. The Morgan fingerprint density at radius 2 is 2.06 bits per heavy atom. The molecule has 2 aliphatic rings. The maximum Gasteiger partial charge on any atom is 0.283 e. The Morgan fingerprint density at radius 3 is 2.71 bits per heavy atom. The van der Waals surface area contributed by atoms with E-state index in [-0.39, 0.29) is 36.2 Å². The normalized spacial score (nSPS) is 27.6. The van der Waals surface area contributed by atoms with Gasteiger partial charge >= 0.3 is 0 Å². The van der Waals surface area contributed by atoms with Crippen molar-refractivity contribution in [2.24, 2.45) is 16.6 Å². The Hall–Kier alpha value is -3.25. The topological polar surface area (TPSA) is 118 Å². The van der Waals surface area contributed by atoms with E-state index in [9.17, 15) is 13.6 Å². The summed E-state index contributed by atoms with van der Waals surface area (Å²) in [6, 6.07) is 3.69. The van der Waals surface area contributed by atoms with Crippen LogP contribution in [0.15, 0.2) is 35.6 Å². The number of nitrogens with two attached hydrogens (primary N) is 1. The fourth-order valence-electron chi connectivity index (χ4n) is 4.75. The number of halogens is 3. The summed E-state index contributed by atoms with van der Waals surface area (Å²) >= 11 is 0. The second-order valence-electron chi connectivity index (χ2n) is 8.36. The number of Topliss-reactive ketones (excluding diaryl/α,β-unsaturated/α-hetero) is 1. The van der Waals surface area contributed by atoms with E-state index in [4.69, 9.17) is 19.9 Å². The molecule has 0 amide bonds. The predicted octanol–water partition coefficient (Wildman–Crippen LogP) is 2.28. The summed E-state index contributed by atoms with van der Waals surface area (Å²) in [5.41, 5.74) is 4.49. The minimum absolute atomic E-state index is 0.00820. The molecule has 1 saturated heterocycles. The number of fused-ring (bicyclic) bond motifs is 1. The molecule has 0 unspecified atom stereocenters. The van der Waals surface area contributed by atoms with E-state index >= 15 is 4.39 Å². The summed E-state index contributed by atoms with van der Waals surface area (Å²) in [5.74, 6) is -1.94. The monoisotopic (exact) mass is 494 g/mol. The quantitative estimate of drug-likeness (QED) is 0.528. The lowest BCUT2D eigenvalue weighted by atomic mass is 9.72. The maximum absolute atomic E-state index is 15.2. The zero-order valence-electron chi connectivity index (χ0n) is 19.1. The van der Waals surface area contributed by atoms with Crippen molar-refractivity contribution in [3.8, 4) is 5.88 Å². The molecular weight excluding hydrogens is 469 g/mol. The third kappa shape index (κ3) is 4.67. The summed E-state index contributed by atoms with van der Waals surface area (Å²) in [7, 11) is 1.48. The summed E-state index contributed by atoms with van der Waals surface area (Å²) in [6.07, 6.45) is 0.340. The molecule has 4 rings (SSSR count). The van der Waals surface area contributed by atoms with Crippen molar-refractivity contribution in [2.45, 2.75) is 37.2 Å². The number of hydrogen-bond donors (Lipinski definition) is 1. The Balaban J connectivity index is 1.69. The summed E-state index contributed by atoms with van der Waals surface area (Å²) in [4.78, 5) is 24.7. The molecule has 188 valence electrons. The van der Waals surface area contributed by atoms with Crippen LogP contribution in [0.4, 0.5) is 13.2 Å². The standard InChI is InChI=1S/C23H25F3N4O5/c1-12-21-20(18(34-12)9-32-2)23(10-24,30-22(27)35-21)14-5-13(3-4-15(14)26)6-17(31)16-7-29-19(8-28-16)33-11-25/h3-5,7-8,12,18,20-21H,6,9-11H2,1-2H3,(H2,27,30)/t12-,18+,20+,21-,23-/m1/s1. The van der Waals surface area contributed by atoms with E-state index in [0.29, 0.717) is 5.56 Å². The molecule has 35 heavy (non-hydrogen) atoms. The van der Waals surface area contributed by atoms with Gasteiger partial charge in [0.15, 0.2) is 5.78 Å². The number of carbonyl (C=O) groups is 1. The first-order valence-corrected chi connectivity index (χ1v) is 10.9. The minimum Gasteiger partial charge on any atom is -0.459 e. The van der Waals surface area contributed by atoms with E-state index in [2.05, 4.69) is 19.7 Å². The molecule has 9 nitrogen and oxygen atoms in total. The number of benzene rings is 1. The number of rotatable bonds is 9. The van der Waals surface area contributed by atoms with Gasteiger partial charge in [0.05, 0.1) is 37.1 Å². The van der Waals surface area contributed by atoms with E-state index in [1.807, 2.05) is 0 Å². The number of alkyl halides is 2. The molecule has 12 heteroatoms. The fourth-order valence-corrected chi connectivity index (χ4v) is 4.75. The molecule has 0 aliphatic carbocycles. The van der Waals surface area contributed by atoms with Gasteiger partial charge in [-0.05, 0) is 24.6 Å². The van der Waals surface area contributed by atoms with Crippen LogP contribution in [0.25, 0.3) is 0 Å². The van der Waals surface area contributed by atoms with Crippen LogP contribution in [0.2, 0.25) is 0 Å². The zero-order valence-corrected chi connectivity index (χ0v) is 19.1. The second kappa shape index (κ2) is 10.2. The van der Waals surface area contributed by atoms with Gasteiger partial charge in [-0.25, -0.2) is 28.1 Å². The number of aliphatic imine (C=N–C) groups is 1. The first-order chi connectivity index (χ1) is 16.8. The Morgan fingerprint density at radius 1 is 1.26 bits per heavy atom. The van der Waals surface area contributed by atoms with Crippen molar-refractivity contribution < 1.29 is 36.9 Å². The van der Waals surface area contributed by atoms with Crippen LogP contribution in [0.1, 0.15) is 28.5 Å². The molecule has 2 aliphatic heterocycles. The van der Waals surface area contributed by atoms with Crippen LogP contribution in [0.5, 0.6) is 5.88 Å². The van der Waals surface area contributed by atoms with Crippen LogP contribution in [0, 0.1) is 11.7 Å². The van der Waals surface area contributed by atoms with E-state index in [0.717, 1.165) is 18.5 Å². The van der Waals surface area contributed by atoms with Crippen molar-refractivity contribution in [3.05, 3.63) is 53.2 Å². The maximum atomic E-state index is 15.2. The van der Waals surface area contributed by atoms with Gasteiger partial charge in [0.1, 0.15) is 29.8 Å². The number of carbonyl (C=O) groups excluding carboxylic acids is 1. The lowest BCUT2D eigenvalue weighted by Crippen LogP contribution is -2.54. The van der Waals surface area contributed by atoms with Gasteiger partial charge in [0.2, 0.25) is 12.7 Å². The van der Waals surface area contributed by atoms with Gasteiger partial charge in [-0.2, -0.15) is 0 Å². The molecular formula is C23H25F3N4O5. The average Bonchev–Trinajstić information content (AvgIpc) is 3.16. The molecule has 1 aromatic heterocycles. The first kappa shape index (κ1) is 24.9. The third-order valence-corrected chi connectivity index (χ3v) is 6.24. The lowest BCUT2D eigenvalue weighted by Gasteiger charge is -2.42. The van der Waals surface area contributed by atoms with Gasteiger partial charge in [-0.3, -0.25) is 4.79 Å². The van der Waals surface area contributed by atoms with Crippen molar-refractivity contribution >= 4 is 11.8 Å². The molecule has 5 atom stereocenters. The molecule has 0 bridgehead atoms. The summed E-state index contributed by atoms with van der Waals surface area (Å²) < 4.78 is 63.8. The van der Waals surface area contributed by atoms with E-state index in [1.54, 1.807) is 6.92 Å². The SMILES string of the molecule is COC[C@@H]1O[C@H](C)[C@H]2OC(N)=N[C@](CF)(c3cc(CC(=O)c4cnc(OCF)cn4)ccc3F)[C@H]21. The number of hydrogen-bond acceptors (Lipinski definition) is 9. The number of ether oxygens (including phenoxy) is 4. The lowest BCUT2D eigenvalue weighted by molar-refractivity contribution is -0.0212. The van der Waals surface area contributed by atoms with Gasteiger partial charge in [-0.15, -0.1) is 0 Å². The second-order valence-corrected chi connectivity index (χ2v) is 8.36. The van der Waals surface area contributed by atoms with E-state index < -0.39 is 54.9 Å². The predicted molar refractivity (Wildman–Crippen MR) is 117 cm³/mol. The Labute approximate surface area is 199 Å². The minimum atomic E-state index is -1.74. The summed E-state index contributed by atoms with van der Waals surface area (Å²) in [5, 5.41) is 0. The number of nitrogens with zero attached hydrogens (tertiary/aromatic N) is 3. The average molecular weight is 494 g/mol. The highest BCUT2D eigenvalue weighted by molar-refractivity contribution is 5.95. The number of methoxy groups -OCH3 is 1. The van der Waals surface area contributed by atoms with Crippen LogP contribution in [-0.4, -0.2) is 67.3 Å². The molecule has 2 aromatic rings. The van der Waals surface area contributed by atoms with Gasteiger partial charge in [0.25, 0.3) is 6.02 Å². The van der Waals surface area contributed by atoms with Crippen LogP contribution in [0.3, 0.4) is 0 Å². The van der Waals surface area contributed by atoms with E-state index in [1.165, 1.54) is 19.2 Å². The highest BCUT2D eigenvalue weighted by Gasteiger charge is 2.59. The Bertz CT molecular complexity index is 1100. The number of ketones is 1. The van der Waals surface area contributed by atoms with Crippen LogP contribution >= 0.6 is 0 Å².